The number of amides is 1. The quantitative estimate of drug-likeness (QED) is 0.821. The lowest BCUT2D eigenvalue weighted by molar-refractivity contribution is 0.0988. The number of nitrogens with two attached hydrogens (primary N) is 1. The van der Waals surface area contributed by atoms with E-state index in [1.807, 2.05) is 47.4 Å². The monoisotopic (exact) mass is 316 g/mol. The maximum Gasteiger partial charge on any atom is 0.259 e. The molecule has 1 aliphatic heterocycles. The predicted octanol–water partition coefficient (Wildman–Crippen LogP) is 3.23. The summed E-state index contributed by atoms with van der Waals surface area (Å²) in [5.41, 5.74) is 9.32. The highest BCUT2D eigenvalue weighted by Gasteiger charge is 2.26. The molecule has 0 radical (unpaired) electrons. The molecular weight excluding hydrogens is 304 g/mol. The van der Waals surface area contributed by atoms with Crippen molar-refractivity contribution in [1.82, 2.24) is 0 Å². The topological polar surface area (TPSA) is 46.3 Å². The molecule has 3 rings (SSSR count). The summed E-state index contributed by atoms with van der Waals surface area (Å²) in [6, 6.07) is 13.2. The van der Waals surface area contributed by atoms with Crippen molar-refractivity contribution < 1.29 is 4.79 Å². The summed E-state index contributed by atoms with van der Waals surface area (Å²) < 4.78 is 0.823. The number of benzene rings is 2. The van der Waals surface area contributed by atoms with Gasteiger partial charge in [0.2, 0.25) is 0 Å². The molecule has 0 aliphatic carbocycles. The number of halogens is 1. The van der Waals surface area contributed by atoms with Crippen LogP contribution in [-0.4, -0.2) is 12.5 Å². The molecule has 0 spiro atoms. The molecule has 0 unspecified atom stereocenters. The second-order valence-corrected chi connectivity index (χ2v) is 5.43. The van der Waals surface area contributed by atoms with Gasteiger partial charge < -0.3 is 10.6 Å². The van der Waals surface area contributed by atoms with Crippen molar-refractivity contribution in [2.24, 2.45) is 0 Å². The van der Waals surface area contributed by atoms with E-state index < -0.39 is 0 Å². The summed E-state index contributed by atoms with van der Waals surface area (Å²) in [6.07, 6.45) is 0.858. The van der Waals surface area contributed by atoms with Crippen LogP contribution in [0.2, 0.25) is 0 Å². The highest BCUT2D eigenvalue weighted by molar-refractivity contribution is 9.10. The van der Waals surface area contributed by atoms with E-state index in [0.717, 1.165) is 27.8 Å². The number of rotatable bonds is 1. The Hall–Kier alpha value is -1.81. The number of carbonyl (C=O) groups excluding carboxylic acids is 1. The SMILES string of the molecule is Nc1ccc2c(c1)CCN2C(=O)c1ccccc1Br. The first kappa shape index (κ1) is 12.2. The molecule has 0 bridgehead atoms. The molecule has 1 heterocycles. The Morgan fingerprint density at radius 1 is 1.21 bits per heavy atom. The van der Waals surface area contributed by atoms with Crippen LogP contribution in [0.3, 0.4) is 0 Å². The Balaban J connectivity index is 1.98. The summed E-state index contributed by atoms with van der Waals surface area (Å²) in [7, 11) is 0. The number of nitrogen functional groups attached to an aromatic ring is 1. The fourth-order valence-corrected chi connectivity index (χ4v) is 2.87. The van der Waals surface area contributed by atoms with Crippen molar-refractivity contribution in [2.45, 2.75) is 6.42 Å². The third kappa shape index (κ3) is 2.12. The van der Waals surface area contributed by atoms with Crippen molar-refractivity contribution in [3.8, 4) is 0 Å². The molecule has 19 heavy (non-hydrogen) atoms. The molecule has 0 atom stereocenters. The number of fused-ring (bicyclic) bond motifs is 1. The highest BCUT2D eigenvalue weighted by Crippen LogP contribution is 2.31. The van der Waals surface area contributed by atoms with Gasteiger partial charge in [-0.1, -0.05) is 12.1 Å². The van der Waals surface area contributed by atoms with Gasteiger partial charge in [-0.3, -0.25) is 4.79 Å². The number of nitrogens with zero attached hydrogens (tertiary/aromatic N) is 1. The molecule has 1 aliphatic rings. The van der Waals surface area contributed by atoms with E-state index in [9.17, 15) is 4.79 Å². The van der Waals surface area contributed by atoms with E-state index in [1.54, 1.807) is 0 Å². The molecule has 0 saturated heterocycles. The summed E-state index contributed by atoms with van der Waals surface area (Å²) in [5, 5.41) is 0. The van der Waals surface area contributed by atoms with E-state index in [-0.39, 0.29) is 5.91 Å². The number of carbonyl (C=O) groups is 1. The lowest BCUT2D eigenvalue weighted by Gasteiger charge is -2.18. The van der Waals surface area contributed by atoms with Crippen molar-refractivity contribution in [3.05, 3.63) is 58.1 Å². The van der Waals surface area contributed by atoms with Crippen molar-refractivity contribution in [1.29, 1.82) is 0 Å². The van der Waals surface area contributed by atoms with Crippen molar-refractivity contribution in [3.63, 3.8) is 0 Å². The number of anilines is 2. The molecule has 2 N–H and O–H groups in total. The maximum atomic E-state index is 12.6. The molecular formula is C15H13BrN2O. The molecule has 2 aromatic carbocycles. The van der Waals surface area contributed by atoms with Gasteiger partial charge in [0.25, 0.3) is 5.91 Å². The molecule has 0 aromatic heterocycles. The highest BCUT2D eigenvalue weighted by atomic mass is 79.9. The van der Waals surface area contributed by atoms with Gasteiger partial charge in [0.15, 0.2) is 0 Å². The lowest BCUT2D eigenvalue weighted by Crippen LogP contribution is -2.29. The van der Waals surface area contributed by atoms with E-state index in [1.165, 1.54) is 0 Å². The van der Waals surface area contributed by atoms with Crippen LogP contribution >= 0.6 is 15.9 Å². The summed E-state index contributed by atoms with van der Waals surface area (Å²) in [4.78, 5) is 14.4. The Morgan fingerprint density at radius 2 is 2.00 bits per heavy atom. The van der Waals surface area contributed by atoms with Gasteiger partial charge in [-0.25, -0.2) is 0 Å². The molecule has 0 fully saturated rings. The van der Waals surface area contributed by atoms with E-state index >= 15 is 0 Å². The zero-order valence-electron chi connectivity index (χ0n) is 10.3. The fourth-order valence-electron chi connectivity index (χ4n) is 2.41. The van der Waals surface area contributed by atoms with Gasteiger partial charge in [0, 0.05) is 22.4 Å². The van der Waals surface area contributed by atoms with Crippen LogP contribution < -0.4 is 10.6 Å². The van der Waals surface area contributed by atoms with Gasteiger partial charge in [0.05, 0.1) is 5.56 Å². The zero-order chi connectivity index (χ0) is 13.4. The zero-order valence-corrected chi connectivity index (χ0v) is 11.9. The van der Waals surface area contributed by atoms with Crippen molar-refractivity contribution in [2.75, 3.05) is 17.2 Å². The molecule has 4 heteroatoms. The van der Waals surface area contributed by atoms with Crippen LogP contribution in [0.4, 0.5) is 11.4 Å². The third-order valence-corrected chi connectivity index (χ3v) is 4.04. The smallest absolute Gasteiger partial charge is 0.259 e. The van der Waals surface area contributed by atoms with Gasteiger partial charge in [-0.15, -0.1) is 0 Å². The first-order valence-corrected chi connectivity index (χ1v) is 6.91. The maximum absolute atomic E-state index is 12.6. The first-order valence-electron chi connectivity index (χ1n) is 6.11. The lowest BCUT2D eigenvalue weighted by atomic mass is 10.1. The van der Waals surface area contributed by atoms with E-state index in [4.69, 9.17) is 5.73 Å². The van der Waals surface area contributed by atoms with Crippen LogP contribution in [0.15, 0.2) is 46.9 Å². The second kappa shape index (κ2) is 4.70. The Morgan fingerprint density at radius 3 is 2.79 bits per heavy atom. The standard InChI is InChI=1S/C15H13BrN2O/c16-13-4-2-1-3-12(13)15(19)18-8-7-10-9-11(17)5-6-14(10)18/h1-6,9H,7-8,17H2. The van der Waals surface area contributed by atoms with Crippen LogP contribution in [-0.2, 0) is 6.42 Å². The second-order valence-electron chi connectivity index (χ2n) is 4.57. The summed E-state index contributed by atoms with van der Waals surface area (Å²) in [5.74, 6) is 0.0241. The van der Waals surface area contributed by atoms with E-state index in [0.29, 0.717) is 12.1 Å². The van der Waals surface area contributed by atoms with Crippen LogP contribution in [0.5, 0.6) is 0 Å². The Kier molecular flexibility index (Phi) is 3.03. The average molecular weight is 317 g/mol. The van der Waals surface area contributed by atoms with Crippen molar-refractivity contribution >= 4 is 33.2 Å². The minimum Gasteiger partial charge on any atom is -0.399 e. The number of hydrogen-bond acceptors (Lipinski definition) is 2. The first-order chi connectivity index (χ1) is 9.16. The summed E-state index contributed by atoms with van der Waals surface area (Å²) in [6.45, 7) is 0.707. The van der Waals surface area contributed by atoms with Gasteiger partial charge in [-0.2, -0.15) is 0 Å². The number of hydrogen-bond donors (Lipinski definition) is 1. The summed E-state index contributed by atoms with van der Waals surface area (Å²) >= 11 is 3.43. The Labute approximate surface area is 120 Å². The molecule has 0 saturated carbocycles. The fraction of sp³-hybridized carbons (Fsp3) is 0.133. The molecule has 3 nitrogen and oxygen atoms in total. The largest absolute Gasteiger partial charge is 0.399 e. The van der Waals surface area contributed by atoms with Gasteiger partial charge in [0.1, 0.15) is 0 Å². The van der Waals surface area contributed by atoms with Gasteiger partial charge in [-0.05, 0) is 58.2 Å². The van der Waals surface area contributed by atoms with Gasteiger partial charge >= 0.3 is 0 Å². The van der Waals surface area contributed by atoms with E-state index in [2.05, 4.69) is 15.9 Å². The van der Waals surface area contributed by atoms with Crippen LogP contribution in [0, 0.1) is 0 Å². The normalized spacial score (nSPS) is 13.4. The average Bonchev–Trinajstić information content (AvgIpc) is 2.81. The minimum atomic E-state index is 0.0241. The molecule has 2 aromatic rings. The molecule has 96 valence electrons. The predicted molar refractivity (Wildman–Crippen MR) is 80.4 cm³/mol. The van der Waals surface area contributed by atoms with Crippen LogP contribution in [0.1, 0.15) is 15.9 Å². The minimum absolute atomic E-state index is 0.0241. The van der Waals surface area contributed by atoms with Crippen LogP contribution in [0.25, 0.3) is 0 Å². The Bertz CT molecular complexity index is 654. The third-order valence-electron chi connectivity index (χ3n) is 3.35. The molecule has 1 amide bonds.